The Morgan fingerprint density at radius 2 is 2.15 bits per heavy atom. The van der Waals surface area contributed by atoms with Crippen LogP contribution in [0.25, 0.3) is 0 Å². The predicted molar refractivity (Wildman–Crippen MR) is 93.1 cm³/mol. The van der Waals surface area contributed by atoms with Crippen LogP contribution in [0.1, 0.15) is 33.8 Å². The summed E-state index contributed by atoms with van der Waals surface area (Å²) in [6.45, 7) is 4.72. The van der Waals surface area contributed by atoms with Gasteiger partial charge in [-0.1, -0.05) is 11.2 Å². The van der Waals surface area contributed by atoms with Crippen LogP contribution in [0.3, 0.4) is 0 Å². The molecule has 1 aliphatic rings. The molecule has 26 heavy (non-hydrogen) atoms. The summed E-state index contributed by atoms with van der Waals surface area (Å²) in [6, 6.07) is 5.70. The number of aryl methyl sites for hydroxylation is 2. The fourth-order valence-electron chi connectivity index (χ4n) is 2.74. The molecule has 0 aliphatic carbocycles. The smallest absolute Gasteiger partial charge is 0.251 e. The normalized spacial score (nSPS) is 17.4. The largest absolute Gasteiger partial charge is 0.380 e. The second-order valence-corrected chi connectivity index (χ2v) is 7.91. The average Bonchev–Trinajstić information content (AvgIpc) is 3.23. The SMILES string of the molecule is Cc1noc(C)c1CNC(=O)c1cccc(S(=O)(=O)N[C@@H]2CCOC2)c1. The number of ether oxygens (including phenoxy) is 1. The van der Waals surface area contributed by atoms with Crippen LogP contribution >= 0.6 is 0 Å². The minimum atomic E-state index is -3.71. The molecule has 1 amide bonds. The Bertz CT molecular complexity index is 881. The molecule has 2 heterocycles. The van der Waals surface area contributed by atoms with E-state index in [1.165, 1.54) is 12.1 Å². The fourth-order valence-corrected chi connectivity index (χ4v) is 4.05. The summed E-state index contributed by atoms with van der Waals surface area (Å²) in [5.74, 6) is 0.272. The van der Waals surface area contributed by atoms with Crippen LogP contribution in [-0.4, -0.2) is 38.7 Å². The van der Waals surface area contributed by atoms with Gasteiger partial charge in [0.15, 0.2) is 0 Å². The van der Waals surface area contributed by atoms with E-state index in [1.54, 1.807) is 26.0 Å². The van der Waals surface area contributed by atoms with Gasteiger partial charge in [0.2, 0.25) is 10.0 Å². The molecule has 0 radical (unpaired) electrons. The maximum Gasteiger partial charge on any atom is 0.251 e. The van der Waals surface area contributed by atoms with Gasteiger partial charge < -0.3 is 14.6 Å². The molecule has 0 unspecified atom stereocenters. The van der Waals surface area contributed by atoms with Gasteiger partial charge in [0.25, 0.3) is 5.91 Å². The monoisotopic (exact) mass is 379 g/mol. The molecule has 1 atom stereocenters. The van der Waals surface area contributed by atoms with Crippen molar-refractivity contribution in [1.82, 2.24) is 15.2 Å². The zero-order valence-electron chi connectivity index (χ0n) is 14.6. The third kappa shape index (κ3) is 4.12. The first-order valence-electron chi connectivity index (χ1n) is 8.27. The number of carbonyl (C=O) groups excluding carboxylic acids is 1. The van der Waals surface area contributed by atoms with Crippen LogP contribution in [0.4, 0.5) is 0 Å². The molecule has 1 aliphatic heterocycles. The Kier molecular flexibility index (Phi) is 5.40. The second kappa shape index (κ2) is 7.56. The first-order valence-corrected chi connectivity index (χ1v) is 9.75. The van der Waals surface area contributed by atoms with E-state index in [0.717, 1.165) is 5.56 Å². The van der Waals surface area contributed by atoms with Crippen molar-refractivity contribution in [2.45, 2.75) is 37.8 Å². The summed E-state index contributed by atoms with van der Waals surface area (Å²) in [6.07, 6.45) is 0.636. The molecule has 2 N–H and O–H groups in total. The standard InChI is InChI=1S/C17H21N3O5S/c1-11-16(12(2)25-19-11)9-18-17(21)13-4-3-5-15(8-13)26(22,23)20-14-6-7-24-10-14/h3-5,8,14,20H,6-7,9-10H2,1-2H3,(H,18,21)/t14-/m1/s1. The van der Waals surface area contributed by atoms with Gasteiger partial charge in [-0.25, -0.2) is 13.1 Å². The molecule has 1 aromatic carbocycles. The Labute approximate surface area is 152 Å². The van der Waals surface area contributed by atoms with E-state index >= 15 is 0 Å². The highest BCUT2D eigenvalue weighted by Crippen LogP contribution is 2.15. The molecule has 1 aromatic heterocycles. The Hall–Kier alpha value is -2.23. The van der Waals surface area contributed by atoms with Crippen molar-refractivity contribution in [2.75, 3.05) is 13.2 Å². The summed E-state index contributed by atoms with van der Waals surface area (Å²) < 4.78 is 37.8. The topological polar surface area (TPSA) is 111 Å². The number of benzene rings is 1. The first-order chi connectivity index (χ1) is 12.4. The van der Waals surface area contributed by atoms with E-state index in [0.29, 0.717) is 31.1 Å². The van der Waals surface area contributed by atoms with E-state index in [4.69, 9.17) is 9.26 Å². The zero-order chi connectivity index (χ0) is 18.7. The molecule has 8 nitrogen and oxygen atoms in total. The van der Waals surface area contributed by atoms with Crippen molar-refractivity contribution in [3.63, 3.8) is 0 Å². The van der Waals surface area contributed by atoms with Crippen LogP contribution in [-0.2, 0) is 21.3 Å². The van der Waals surface area contributed by atoms with Crippen molar-refractivity contribution in [3.8, 4) is 0 Å². The molecule has 0 saturated carbocycles. The maximum atomic E-state index is 12.5. The van der Waals surface area contributed by atoms with Gasteiger partial charge in [0, 0.05) is 30.3 Å². The van der Waals surface area contributed by atoms with Crippen molar-refractivity contribution in [3.05, 3.63) is 46.8 Å². The lowest BCUT2D eigenvalue weighted by atomic mass is 10.2. The summed E-state index contributed by atoms with van der Waals surface area (Å²) in [4.78, 5) is 12.4. The van der Waals surface area contributed by atoms with Crippen LogP contribution in [0.2, 0.25) is 0 Å². The van der Waals surface area contributed by atoms with Crippen LogP contribution < -0.4 is 10.0 Å². The van der Waals surface area contributed by atoms with Gasteiger partial charge in [0.1, 0.15) is 5.76 Å². The number of aromatic nitrogens is 1. The number of hydrogen-bond acceptors (Lipinski definition) is 6. The Morgan fingerprint density at radius 3 is 2.81 bits per heavy atom. The van der Waals surface area contributed by atoms with E-state index in [9.17, 15) is 13.2 Å². The molecule has 2 aromatic rings. The number of hydrogen-bond donors (Lipinski definition) is 2. The van der Waals surface area contributed by atoms with Crippen molar-refractivity contribution >= 4 is 15.9 Å². The first kappa shape index (κ1) is 18.6. The van der Waals surface area contributed by atoms with E-state index in [-0.39, 0.29) is 29.0 Å². The molecular formula is C17H21N3O5S. The van der Waals surface area contributed by atoms with Gasteiger partial charge in [-0.3, -0.25) is 4.79 Å². The summed E-state index contributed by atoms with van der Waals surface area (Å²) in [7, 11) is -3.71. The number of nitrogens with one attached hydrogen (secondary N) is 2. The molecular weight excluding hydrogens is 358 g/mol. The van der Waals surface area contributed by atoms with Gasteiger partial charge in [-0.2, -0.15) is 0 Å². The molecule has 140 valence electrons. The highest BCUT2D eigenvalue weighted by Gasteiger charge is 2.24. The average molecular weight is 379 g/mol. The van der Waals surface area contributed by atoms with E-state index in [1.807, 2.05) is 0 Å². The highest BCUT2D eigenvalue weighted by atomic mass is 32.2. The number of sulfonamides is 1. The Balaban J connectivity index is 1.70. The lowest BCUT2D eigenvalue weighted by Gasteiger charge is -2.12. The minimum absolute atomic E-state index is 0.0504. The number of rotatable bonds is 6. The predicted octanol–water partition coefficient (Wildman–Crippen LogP) is 1.29. The quantitative estimate of drug-likeness (QED) is 0.782. The van der Waals surface area contributed by atoms with Gasteiger partial charge in [0.05, 0.1) is 17.2 Å². The molecule has 9 heteroatoms. The lowest BCUT2D eigenvalue weighted by Crippen LogP contribution is -2.35. The van der Waals surface area contributed by atoms with Crippen LogP contribution in [0.5, 0.6) is 0 Å². The number of carbonyl (C=O) groups is 1. The Morgan fingerprint density at radius 1 is 1.35 bits per heavy atom. The van der Waals surface area contributed by atoms with E-state index in [2.05, 4.69) is 15.2 Å². The summed E-state index contributed by atoms with van der Waals surface area (Å²) >= 11 is 0. The van der Waals surface area contributed by atoms with Crippen molar-refractivity contribution in [2.24, 2.45) is 0 Å². The third-order valence-corrected chi connectivity index (χ3v) is 5.78. The van der Waals surface area contributed by atoms with Crippen molar-refractivity contribution < 1.29 is 22.5 Å². The van der Waals surface area contributed by atoms with E-state index < -0.39 is 10.0 Å². The lowest BCUT2D eigenvalue weighted by molar-refractivity contribution is 0.0950. The highest BCUT2D eigenvalue weighted by molar-refractivity contribution is 7.89. The molecule has 1 saturated heterocycles. The second-order valence-electron chi connectivity index (χ2n) is 6.20. The maximum absolute atomic E-state index is 12.5. The summed E-state index contributed by atoms with van der Waals surface area (Å²) in [5, 5.41) is 6.60. The third-order valence-electron chi connectivity index (χ3n) is 4.26. The molecule has 1 fully saturated rings. The number of nitrogens with zero attached hydrogens (tertiary/aromatic N) is 1. The molecule has 0 spiro atoms. The van der Waals surface area contributed by atoms with Gasteiger partial charge in [-0.15, -0.1) is 0 Å². The van der Waals surface area contributed by atoms with Gasteiger partial charge >= 0.3 is 0 Å². The molecule has 0 bridgehead atoms. The fraction of sp³-hybridized carbons (Fsp3) is 0.412. The zero-order valence-corrected chi connectivity index (χ0v) is 15.4. The minimum Gasteiger partial charge on any atom is -0.380 e. The molecule has 3 rings (SSSR count). The van der Waals surface area contributed by atoms with Crippen LogP contribution in [0.15, 0.2) is 33.7 Å². The van der Waals surface area contributed by atoms with Crippen molar-refractivity contribution in [1.29, 1.82) is 0 Å². The van der Waals surface area contributed by atoms with Gasteiger partial charge in [-0.05, 0) is 38.5 Å². The number of amides is 1. The van der Waals surface area contributed by atoms with Crippen LogP contribution in [0, 0.1) is 13.8 Å². The summed E-state index contributed by atoms with van der Waals surface area (Å²) in [5.41, 5.74) is 1.79.